The Kier molecular flexibility index (Phi) is 3.66. The van der Waals surface area contributed by atoms with Crippen LogP contribution in [-0.4, -0.2) is 19.6 Å². The highest BCUT2D eigenvalue weighted by Gasteiger charge is 2.56. The summed E-state index contributed by atoms with van der Waals surface area (Å²) in [5.74, 6) is 1.77. The molecule has 4 nitrogen and oxygen atoms in total. The van der Waals surface area contributed by atoms with Gasteiger partial charge in [0.2, 0.25) is 6.79 Å². The zero-order valence-corrected chi connectivity index (χ0v) is 16.8. The first kappa shape index (κ1) is 16.9. The number of benzene rings is 2. The molecule has 0 amide bonds. The third kappa shape index (κ3) is 2.18. The van der Waals surface area contributed by atoms with Gasteiger partial charge in [-0.15, -0.1) is 0 Å². The lowest BCUT2D eigenvalue weighted by Crippen LogP contribution is -2.49. The van der Waals surface area contributed by atoms with Gasteiger partial charge in [0.25, 0.3) is 0 Å². The highest BCUT2D eigenvalue weighted by Crippen LogP contribution is 2.62. The molecule has 0 N–H and O–H groups in total. The molecular weight excluding hydrogens is 406 g/mol. The monoisotopic (exact) mass is 425 g/mol. The van der Waals surface area contributed by atoms with Crippen molar-refractivity contribution in [3.8, 4) is 11.5 Å². The fourth-order valence-corrected chi connectivity index (χ4v) is 5.64. The number of fused-ring (bicyclic) bond motifs is 4. The Morgan fingerprint density at radius 3 is 2.70 bits per heavy atom. The van der Waals surface area contributed by atoms with Gasteiger partial charge in [-0.25, -0.2) is 0 Å². The van der Waals surface area contributed by atoms with E-state index in [4.69, 9.17) is 9.47 Å². The van der Waals surface area contributed by atoms with E-state index in [0.29, 0.717) is 0 Å². The van der Waals surface area contributed by atoms with Crippen molar-refractivity contribution >= 4 is 27.4 Å². The lowest BCUT2D eigenvalue weighted by Gasteiger charge is -2.51. The van der Waals surface area contributed by atoms with Crippen LogP contribution in [0.3, 0.4) is 0 Å². The molecule has 0 saturated heterocycles. The zero-order valence-electron chi connectivity index (χ0n) is 15.2. The average Bonchev–Trinajstić information content (AvgIpc) is 3.29. The van der Waals surface area contributed by atoms with Gasteiger partial charge in [0, 0.05) is 23.1 Å². The van der Waals surface area contributed by atoms with Crippen molar-refractivity contribution in [3.05, 3.63) is 64.1 Å². The minimum absolute atomic E-state index is 0.0738. The number of halogens is 1. The zero-order chi connectivity index (χ0) is 18.8. The topological polar surface area (TPSA) is 38.8 Å². The third-order valence-electron chi connectivity index (χ3n) is 6.31. The first-order valence-electron chi connectivity index (χ1n) is 9.12. The van der Waals surface area contributed by atoms with Crippen LogP contribution >= 0.6 is 15.9 Å². The van der Waals surface area contributed by atoms with Gasteiger partial charge in [0.1, 0.15) is 5.78 Å². The predicted octanol–water partition coefficient (Wildman–Crippen LogP) is 4.99. The number of para-hydroxylation sites is 1. The molecule has 0 aromatic heterocycles. The molecule has 0 radical (unpaired) electrons. The Morgan fingerprint density at radius 1 is 1.19 bits per heavy atom. The molecule has 3 atom stereocenters. The quantitative estimate of drug-likeness (QED) is 0.635. The average molecular weight is 426 g/mol. The number of rotatable bonds is 2. The van der Waals surface area contributed by atoms with E-state index in [1.165, 1.54) is 11.3 Å². The molecule has 138 valence electrons. The number of ether oxygens (including phenoxy) is 2. The highest BCUT2D eigenvalue weighted by atomic mass is 79.9. The summed E-state index contributed by atoms with van der Waals surface area (Å²) in [7, 11) is 2.08. The van der Waals surface area contributed by atoms with Gasteiger partial charge >= 0.3 is 0 Å². The maximum absolute atomic E-state index is 13.1. The van der Waals surface area contributed by atoms with Gasteiger partial charge in [-0.3, -0.25) is 4.79 Å². The molecule has 3 aliphatic rings. The van der Waals surface area contributed by atoms with E-state index in [9.17, 15) is 4.79 Å². The molecule has 2 aliphatic heterocycles. The van der Waals surface area contributed by atoms with Crippen LogP contribution in [-0.2, 0) is 4.79 Å². The standard InChI is InChI=1S/C22H20BrNO3/c1-13(25)22-9-5-7-16(22)14-6-3-4-8-18(14)24(2)21(22)15-10-19-20(11-17(15)23)27-12-26-19/h3-8,10-11,16,21H,9,12H2,1-2H3. The smallest absolute Gasteiger partial charge is 0.231 e. The summed E-state index contributed by atoms with van der Waals surface area (Å²) in [4.78, 5) is 15.4. The number of anilines is 1. The molecule has 27 heavy (non-hydrogen) atoms. The van der Waals surface area contributed by atoms with Gasteiger partial charge in [-0.2, -0.15) is 0 Å². The number of carbonyl (C=O) groups is 1. The second-order valence-electron chi connectivity index (χ2n) is 7.51. The van der Waals surface area contributed by atoms with Crippen LogP contribution in [0.4, 0.5) is 5.69 Å². The molecule has 3 unspecified atom stereocenters. The van der Waals surface area contributed by atoms with Gasteiger partial charge in [0.05, 0.1) is 11.5 Å². The Hall–Kier alpha value is -2.27. The van der Waals surface area contributed by atoms with Crippen molar-refractivity contribution in [1.29, 1.82) is 0 Å². The molecule has 1 aliphatic carbocycles. The van der Waals surface area contributed by atoms with Crippen molar-refractivity contribution in [1.82, 2.24) is 0 Å². The Morgan fingerprint density at radius 2 is 1.93 bits per heavy atom. The number of nitrogens with zero attached hydrogens (tertiary/aromatic N) is 1. The minimum Gasteiger partial charge on any atom is -0.454 e. The third-order valence-corrected chi connectivity index (χ3v) is 6.99. The Bertz CT molecular complexity index is 986. The summed E-state index contributed by atoms with van der Waals surface area (Å²) in [6.45, 7) is 1.96. The van der Waals surface area contributed by atoms with E-state index >= 15 is 0 Å². The van der Waals surface area contributed by atoms with E-state index in [0.717, 1.165) is 28.0 Å². The summed E-state index contributed by atoms with van der Waals surface area (Å²) in [5, 5.41) is 0. The lowest BCUT2D eigenvalue weighted by atomic mass is 9.61. The number of allylic oxidation sites excluding steroid dienone is 2. The number of hydrogen-bond acceptors (Lipinski definition) is 4. The molecule has 0 spiro atoms. The summed E-state index contributed by atoms with van der Waals surface area (Å²) in [6.07, 6.45) is 5.11. The number of hydrogen-bond donors (Lipinski definition) is 0. The molecule has 2 aromatic rings. The molecule has 2 heterocycles. The molecular formula is C22H20BrNO3. The molecule has 0 saturated carbocycles. The summed E-state index contributed by atoms with van der Waals surface area (Å²) >= 11 is 3.73. The molecule has 0 bridgehead atoms. The summed E-state index contributed by atoms with van der Waals surface area (Å²) in [5.41, 5.74) is 2.91. The summed E-state index contributed by atoms with van der Waals surface area (Å²) < 4.78 is 12.1. The maximum Gasteiger partial charge on any atom is 0.231 e. The van der Waals surface area contributed by atoms with E-state index < -0.39 is 5.41 Å². The van der Waals surface area contributed by atoms with Crippen molar-refractivity contribution in [2.45, 2.75) is 25.3 Å². The van der Waals surface area contributed by atoms with Crippen LogP contribution < -0.4 is 14.4 Å². The van der Waals surface area contributed by atoms with Crippen LogP contribution in [0.1, 0.15) is 36.4 Å². The molecule has 5 rings (SSSR count). The summed E-state index contributed by atoms with van der Waals surface area (Å²) in [6, 6.07) is 12.3. The number of Topliss-reactive ketones (excluding diaryl/α,β-unsaturated/α-hetero) is 1. The van der Waals surface area contributed by atoms with Crippen molar-refractivity contribution in [2.24, 2.45) is 5.41 Å². The van der Waals surface area contributed by atoms with Gasteiger partial charge in [-0.1, -0.05) is 46.3 Å². The van der Waals surface area contributed by atoms with Crippen LogP contribution in [0.15, 0.2) is 53.0 Å². The van der Waals surface area contributed by atoms with Crippen molar-refractivity contribution in [2.75, 3.05) is 18.7 Å². The van der Waals surface area contributed by atoms with Crippen molar-refractivity contribution in [3.63, 3.8) is 0 Å². The Labute approximate surface area is 166 Å². The fraction of sp³-hybridized carbons (Fsp3) is 0.318. The highest BCUT2D eigenvalue weighted by molar-refractivity contribution is 9.10. The van der Waals surface area contributed by atoms with E-state index in [2.05, 4.69) is 64.3 Å². The van der Waals surface area contributed by atoms with Crippen molar-refractivity contribution < 1.29 is 14.3 Å². The molecule has 2 aromatic carbocycles. The lowest BCUT2D eigenvalue weighted by molar-refractivity contribution is -0.128. The first-order chi connectivity index (χ1) is 13.0. The second kappa shape index (κ2) is 5.86. The van der Waals surface area contributed by atoms with E-state index in [1.54, 1.807) is 6.92 Å². The van der Waals surface area contributed by atoms with Crippen LogP contribution in [0.25, 0.3) is 0 Å². The number of ketones is 1. The second-order valence-corrected chi connectivity index (χ2v) is 8.36. The van der Waals surface area contributed by atoms with Crippen LogP contribution in [0.2, 0.25) is 0 Å². The van der Waals surface area contributed by atoms with Gasteiger partial charge in [-0.05, 0) is 42.7 Å². The predicted molar refractivity (Wildman–Crippen MR) is 107 cm³/mol. The SMILES string of the molecule is CC(=O)C12CC=CC1c1ccccc1N(C)C2c1cc2c(cc1Br)OCO2. The molecule has 5 heteroatoms. The van der Waals surface area contributed by atoms with Gasteiger partial charge < -0.3 is 14.4 Å². The molecule has 0 fully saturated rings. The van der Waals surface area contributed by atoms with E-state index in [1.807, 2.05) is 12.1 Å². The van der Waals surface area contributed by atoms with Crippen LogP contribution in [0.5, 0.6) is 11.5 Å². The maximum atomic E-state index is 13.1. The normalized spacial score (nSPS) is 27.4. The fourth-order valence-electron chi connectivity index (χ4n) is 5.10. The number of carbonyl (C=O) groups excluding carboxylic acids is 1. The minimum atomic E-state index is -0.528. The van der Waals surface area contributed by atoms with Crippen LogP contribution in [0, 0.1) is 5.41 Å². The first-order valence-corrected chi connectivity index (χ1v) is 9.92. The van der Waals surface area contributed by atoms with E-state index in [-0.39, 0.29) is 24.5 Å². The van der Waals surface area contributed by atoms with Gasteiger partial charge in [0.15, 0.2) is 11.5 Å². The largest absolute Gasteiger partial charge is 0.454 e. The Balaban J connectivity index is 1.77.